The van der Waals surface area contributed by atoms with Gasteiger partial charge in [-0.2, -0.15) is 0 Å². The molecule has 1 fully saturated rings. The summed E-state index contributed by atoms with van der Waals surface area (Å²) in [7, 11) is 0. The van der Waals surface area contributed by atoms with Crippen molar-refractivity contribution in [2.45, 2.75) is 26.2 Å². The second-order valence-electron chi connectivity index (χ2n) is 7.25. The molecule has 0 saturated carbocycles. The van der Waals surface area contributed by atoms with E-state index < -0.39 is 4.92 Å². The maximum atomic E-state index is 11.1. The Labute approximate surface area is 152 Å². The van der Waals surface area contributed by atoms with Gasteiger partial charge in [-0.3, -0.25) is 15.1 Å². The number of hydrogen-bond donors (Lipinski definition) is 1. The lowest BCUT2D eigenvalue weighted by Crippen LogP contribution is -2.32. The van der Waals surface area contributed by atoms with E-state index in [-0.39, 0.29) is 11.4 Å². The maximum Gasteiger partial charge on any atom is 0.292 e. The number of anilines is 2. The Morgan fingerprint density at radius 3 is 2.69 bits per heavy atom. The standard InChI is InChI=1S/C20H22N4O2/c1-13-6-8-23(9-7-13)16-3-5-18-15(10-16)11-19(22-18)14-2-4-17(21)20(12-14)24(25)26/h2-5,10,12-13H,6-9,11,21H2,1H3. The van der Waals surface area contributed by atoms with Gasteiger partial charge < -0.3 is 10.6 Å². The van der Waals surface area contributed by atoms with Crippen molar-refractivity contribution in [1.82, 2.24) is 0 Å². The highest BCUT2D eigenvalue weighted by Crippen LogP contribution is 2.34. The summed E-state index contributed by atoms with van der Waals surface area (Å²) in [6.45, 7) is 4.50. The quantitative estimate of drug-likeness (QED) is 0.513. The van der Waals surface area contributed by atoms with Crippen molar-refractivity contribution in [3.05, 3.63) is 57.6 Å². The number of nitrogens with two attached hydrogens (primary N) is 1. The van der Waals surface area contributed by atoms with Crippen molar-refractivity contribution in [2.24, 2.45) is 10.9 Å². The van der Waals surface area contributed by atoms with Crippen LogP contribution in [0.15, 0.2) is 41.4 Å². The van der Waals surface area contributed by atoms with Gasteiger partial charge in [-0.05, 0) is 48.6 Å². The first-order chi connectivity index (χ1) is 12.5. The van der Waals surface area contributed by atoms with Crippen molar-refractivity contribution in [2.75, 3.05) is 23.7 Å². The van der Waals surface area contributed by atoms with E-state index in [1.165, 1.54) is 30.2 Å². The van der Waals surface area contributed by atoms with Gasteiger partial charge in [0.1, 0.15) is 5.69 Å². The van der Waals surface area contributed by atoms with E-state index in [9.17, 15) is 10.1 Å². The van der Waals surface area contributed by atoms with E-state index in [0.29, 0.717) is 6.42 Å². The molecule has 0 aliphatic carbocycles. The Morgan fingerprint density at radius 2 is 1.96 bits per heavy atom. The molecular weight excluding hydrogens is 328 g/mol. The number of hydrogen-bond acceptors (Lipinski definition) is 5. The van der Waals surface area contributed by atoms with Crippen LogP contribution in [0, 0.1) is 16.0 Å². The van der Waals surface area contributed by atoms with Crippen LogP contribution in [-0.2, 0) is 6.42 Å². The van der Waals surface area contributed by atoms with Crippen molar-refractivity contribution >= 4 is 28.5 Å². The van der Waals surface area contributed by atoms with Gasteiger partial charge in [0, 0.05) is 36.8 Å². The van der Waals surface area contributed by atoms with E-state index in [0.717, 1.165) is 36.0 Å². The Balaban J connectivity index is 1.57. The van der Waals surface area contributed by atoms with Gasteiger partial charge in [0.2, 0.25) is 0 Å². The third kappa shape index (κ3) is 3.03. The molecule has 1 saturated heterocycles. The zero-order valence-corrected chi connectivity index (χ0v) is 14.8. The summed E-state index contributed by atoms with van der Waals surface area (Å²) >= 11 is 0. The molecule has 2 N–H and O–H groups in total. The monoisotopic (exact) mass is 350 g/mol. The van der Waals surface area contributed by atoms with Crippen LogP contribution in [0.4, 0.5) is 22.7 Å². The zero-order valence-electron chi connectivity index (χ0n) is 14.8. The fourth-order valence-electron chi connectivity index (χ4n) is 3.70. The van der Waals surface area contributed by atoms with Crippen LogP contribution in [0.2, 0.25) is 0 Å². The number of piperidine rings is 1. The Kier molecular flexibility index (Phi) is 4.11. The number of nitro groups is 1. The number of benzene rings is 2. The SMILES string of the molecule is CC1CCN(c2ccc3c(c2)CC(c2ccc(N)c([N+](=O)[O-])c2)=N3)CC1. The average molecular weight is 350 g/mol. The normalized spacial score (nSPS) is 17.1. The van der Waals surface area contributed by atoms with Crippen molar-refractivity contribution in [3.8, 4) is 0 Å². The lowest BCUT2D eigenvalue weighted by Gasteiger charge is -2.32. The molecule has 0 aromatic heterocycles. The topological polar surface area (TPSA) is 84.8 Å². The smallest absolute Gasteiger partial charge is 0.292 e. The summed E-state index contributed by atoms with van der Waals surface area (Å²) in [5.74, 6) is 0.803. The molecule has 6 heteroatoms. The molecule has 2 aliphatic rings. The molecule has 0 radical (unpaired) electrons. The number of nitrogen functional groups attached to an aromatic ring is 1. The summed E-state index contributed by atoms with van der Waals surface area (Å²) in [6.07, 6.45) is 3.15. The molecule has 0 unspecified atom stereocenters. The highest BCUT2D eigenvalue weighted by Gasteiger charge is 2.22. The summed E-state index contributed by atoms with van der Waals surface area (Å²) in [6, 6.07) is 11.3. The molecule has 134 valence electrons. The van der Waals surface area contributed by atoms with E-state index in [1.54, 1.807) is 12.1 Å². The molecule has 0 atom stereocenters. The Hall–Kier alpha value is -2.89. The van der Waals surface area contributed by atoms with Crippen molar-refractivity contribution in [1.29, 1.82) is 0 Å². The largest absolute Gasteiger partial charge is 0.393 e. The molecule has 4 rings (SSSR count). The molecule has 2 aromatic carbocycles. The minimum absolute atomic E-state index is 0.0655. The van der Waals surface area contributed by atoms with Crippen molar-refractivity contribution < 1.29 is 4.92 Å². The van der Waals surface area contributed by atoms with E-state index in [4.69, 9.17) is 5.73 Å². The van der Waals surface area contributed by atoms with Crippen LogP contribution >= 0.6 is 0 Å². The fraction of sp³-hybridized carbons (Fsp3) is 0.350. The van der Waals surface area contributed by atoms with E-state index >= 15 is 0 Å². The van der Waals surface area contributed by atoms with Crippen LogP contribution in [0.1, 0.15) is 30.9 Å². The second kappa shape index (κ2) is 6.44. The van der Waals surface area contributed by atoms with Gasteiger partial charge in [-0.25, -0.2) is 0 Å². The molecule has 0 bridgehead atoms. The Morgan fingerprint density at radius 1 is 1.19 bits per heavy atom. The minimum Gasteiger partial charge on any atom is -0.393 e. The molecule has 0 amide bonds. The third-order valence-corrected chi connectivity index (χ3v) is 5.39. The first-order valence-electron chi connectivity index (χ1n) is 9.01. The molecule has 0 spiro atoms. The first-order valence-corrected chi connectivity index (χ1v) is 9.01. The van der Waals surface area contributed by atoms with Crippen LogP contribution in [0.5, 0.6) is 0 Å². The zero-order chi connectivity index (χ0) is 18.3. The van der Waals surface area contributed by atoms with Gasteiger partial charge >= 0.3 is 0 Å². The van der Waals surface area contributed by atoms with Gasteiger partial charge in [0.05, 0.1) is 16.3 Å². The summed E-state index contributed by atoms with van der Waals surface area (Å²) < 4.78 is 0. The molecule has 6 nitrogen and oxygen atoms in total. The Bertz CT molecular complexity index is 899. The molecular formula is C20H22N4O2. The molecule has 2 aromatic rings. The fourth-order valence-corrected chi connectivity index (χ4v) is 3.70. The van der Waals surface area contributed by atoms with Crippen LogP contribution in [0.25, 0.3) is 0 Å². The minimum atomic E-state index is -0.447. The van der Waals surface area contributed by atoms with Gasteiger partial charge in [0.25, 0.3) is 5.69 Å². The van der Waals surface area contributed by atoms with Gasteiger partial charge in [-0.1, -0.05) is 13.0 Å². The summed E-state index contributed by atoms with van der Waals surface area (Å²) in [4.78, 5) is 17.8. The third-order valence-electron chi connectivity index (χ3n) is 5.39. The summed E-state index contributed by atoms with van der Waals surface area (Å²) in [5.41, 5.74) is 10.8. The van der Waals surface area contributed by atoms with Gasteiger partial charge in [-0.15, -0.1) is 0 Å². The summed E-state index contributed by atoms with van der Waals surface area (Å²) in [5, 5.41) is 11.1. The van der Waals surface area contributed by atoms with Crippen molar-refractivity contribution in [3.63, 3.8) is 0 Å². The van der Waals surface area contributed by atoms with Crippen LogP contribution in [-0.4, -0.2) is 23.7 Å². The lowest BCUT2D eigenvalue weighted by molar-refractivity contribution is -0.383. The van der Waals surface area contributed by atoms with Crippen LogP contribution < -0.4 is 10.6 Å². The lowest BCUT2D eigenvalue weighted by atomic mass is 9.98. The first kappa shape index (κ1) is 16.6. The highest BCUT2D eigenvalue weighted by atomic mass is 16.6. The number of nitro benzene ring substituents is 1. The second-order valence-corrected chi connectivity index (χ2v) is 7.25. The highest BCUT2D eigenvalue weighted by molar-refractivity contribution is 6.07. The molecule has 2 aliphatic heterocycles. The van der Waals surface area contributed by atoms with E-state index in [1.807, 2.05) is 0 Å². The number of fused-ring (bicyclic) bond motifs is 1. The number of rotatable bonds is 3. The predicted octanol–water partition coefficient (Wildman–Crippen LogP) is 4.09. The molecule has 2 heterocycles. The van der Waals surface area contributed by atoms with Crippen LogP contribution in [0.3, 0.4) is 0 Å². The van der Waals surface area contributed by atoms with Gasteiger partial charge in [0.15, 0.2) is 0 Å². The number of nitrogens with zero attached hydrogens (tertiary/aromatic N) is 3. The predicted molar refractivity (Wildman–Crippen MR) is 104 cm³/mol. The van der Waals surface area contributed by atoms with E-state index in [2.05, 4.69) is 35.0 Å². The average Bonchev–Trinajstić information content (AvgIpc) is 3.05. The molecule has 26 heavy (non-hydrogen) atoms. The maximum absolute atomic E-state index is 11.1. The number of aliphatic imine (C=N–C) groups is 1.